The number of rotatable bonds is 1. The van der Waals surface area contributed by atoms with Crippen LogP contribution in [0.15, 0.2) is 33.5 Å². The number of fused-ring (bicyclic) bond motifs is 1. The maximum Gasteiger partial charge on any atom is 0.340 e. The third-order valence-electron chi connectivity index (χ3n) is 2.25. The summed E-state index contributed by atoms with van der Waals surface area (Å²) in [6.07, 6.45) is 0. The van der Waals surface area contributed by atoms with Crippen LogP contribution in [0.5, 0.6) is 0 Å². The highest BCUT2D eigenvalue weighted by Crippen LogP contribution is 2.16. The summed E-state index contributed by atoms with van der Waals surface area (Å²) in [7, 11) is 0. The standard InChI is InChI=1S/C11H11NO2/c1-7-3-2-4-8-5-9(6-12)11(13)14-10(7)8/h2-5H,6,12H2,1H3. The molecule has 2 N–H and O–H groups in total. The zero-order chi connectivity index (χ0) is 10.1. The molecule has 0 amide bonds. The van der Waals surface area contributed by atoms with E-state index in [0.717, 1.165) is 10.9 Å². The Labute approximate surface area is 81.1 Å². The van der Waals surface area contributed by atoms with E-state index in [1.165, 1.54) is 0 Å². The molecular formula is C11H11NO2. The van der Waals surface area contributed by atoms with Gasteiger partial charge in [-0.05, 0) is 18.6 Å². The van der Waals surface area contributed by atoms with Gasteiger partial charge in [-0.3, -0.25) is 0 Å². The van der Waals surface area contributed by atoms with Crippen molar-refractivity contribution in [2.45, 2.75) is 13.5 Å². The fraction of sp³-hybridized carbons (Fsp3) is 0.182. The third-order valence-corrected chi connectivity index (χ3v) is 2.25. The van der Waals surface area contributed by atoms with Crippen molar-refractivity contribution in [1.29, 1.82) is 0 Å². The molecule has 1 heterocycles. The van der Waals surface area contributed by atoms with E-state index in [1.54, 1.807) is 6.07 Å². The molecule has 2 rings (SSSR count). The highest BCUT2D eigenvalue weighted by atomic mass is 16.4. The summed E-state index contributed by atoms with van der Waals surface area (Å²) in [6, 6.07) is 7.53. The Kier molecular flexibility index (Phi) is 2.09. The smallest absolute Gasteiger partial charge is 0.340 e. The van der Waals surface area contributed by atoms with Gasteiger partial charge in [0.2, 0.25) is 0 Å². The van der Waals surface area contributed by atoms with Crippen molar-refractivity contribution in [3.8, 4) is 0 Å². The molecule has 3 heteroatoms. The predicted molar refractivity (Wildman–Crippen MR) is 55.1 cm³/mol. The number of nitrogens with two attached hydrogens (primary N) is 1. The second kappa shape index (κ2) is 3.27. The van der Waals surface area contributed by atoms with E-state index in [9.17, 15) is 4.79 Å². The number of hydrogen-bond acceptors (Lipinski definition) is 3. The fourth-order valence-corrected chi connectivity index (χ4v) is 1.48. The second-order valence-corrected chi connectivity index (χ2v) is 3.26. The van der Waals surface area contributed by atoms with Crippen LogP contribution < -0.4 is 11.4 Å². The molecule has 0 spiro atoms. The lowest BCUT2D eigenvalue weighted by Crippen LogP contribution is -2.11. The van der Waals surface area contributed by atoms with Crippen molar-refractivity contribution in [1.82, 2.24) is 0 Å². The van der Waals surface area contributed by atoms with Crippen LogP contribution in [0, 0.1) is 6.92 Å². The molecule has 1 aromatic carbocycles. The van der Waals surface area contributed by atoms with Crippen molar-refractivity contribution < 1.29 is 4.42 Å². The highest BCUT2D eigenvalue weighted by molar-refractivity contribution is 5.79. The van der Waals surface area contributed by atoms with Crippen LogP contribution in [0.4, 0.5) is 0 Å². The molecule has 0 saturated heterocycles. The number of para-hydroxylation sites is 1. The first-order chi connectivity index (χ1) is 6.72. The van der Waals surface area contributed by atoms with Gasteiger partial charge in [-0.15, -0.1) is 0 Å². The summed E-state index contributed by atoms with van der Waals surface area (Å²) in [5.41, 5.74) is 7.21. The molecule has 3 nitrogen and oxygen atoms in total. The lowest BCUT2D eigenvalue weighted by atomic mass is 10.1. The van der Waals surface area contributed by atoms with Gasteiger partial charge in [0.15, 0.2) is 0 Å². The summed E-state index contributed by atoms with van der Waals surface area (Å²) in [5, 5.41) is 0.921. The quantitative estimate of drug-likeness (QED) is 0.692. The van der Waals surface area contributed by atoms with Gasteiger partial charge in [0.1, 0.15) is 5.58 Å². The van der Waals surface area contributed by atoms with Gasteiger partial charge < -0.3 is 10.2 Å². The lowest BCUT2D eigenvalue weighted by Gasteiger charge is -2.01. The molecule has 14 heavy (non-hydrogen) atoms. The van der Waals surface area contributed by atoms with Crippen molar-refractivity contribution in [3.63, 3.8) is 0 Å². The molecule has 0 atom stereocenters. The van der Waals surface area contributed by atoms with Gasteiger partial charge in [-0.1, -0.05) is 18.2 Å². The van der Waals surface area contributed by atoms with Gasteiger partial charge in [0.05, 0.1) is 5.56 Å². The van der Waals surface area contributed by atoms with Gasteiger partial charge in [-0.2, -0.15) is 0 Å². The SMILES string of the molecule is Cc1cccc2cc(CN)c(=O)oc12. The molecule has 0 aliphatic carbocycles. The minimum Gasteiger partial charge on any atom is -0.422 e. The van der Waals surface area contributed by atoms with Crippen molar-refractivity contribution >= 4 is 11.0 Å². The predicted octanol–water partition coefficient (Wildman–Crippen LogP) is 1.56. The van der Waals surface area contributed by atoms with Crippen LogP contribution in [0.25, 0.3) is 11.0 Å². The Morgan fingerprint density at radius 3 is 2.93 bits per heavy atom. The third kappa shape index (κ3) is 1.32. The Balaban J connectivity index is 2.86. The first-order valence-corrected chi connectivity index (χ1v) is 4.45. The van der Waals surface area contributed by atoms with Crippen LogP contribution in [-0.2, 0) is 6.54 Å². The summed E-state index contributed by atoms with van der Waals surface area (Å²) in [4.78, 5) is 11.4. The highest BCUT2D eigenvalue weighted by Gasteiger charge is 2.04. The van der Waals surface area contributed by atoms with E-state index >= 15 is 0 Å². The van der Waals surface area contributed by atoms with E-state index in [2.05, 4.69) is 0 Å². The van der Waals surface area contributed by atoms with E-state index in [-0.39, 0.29) is 12.2 Å². The van der Waals surface area contributed by atoms with Crippen LogP contribution in [-0.4, -0.2) is 0 Å². The van der Waals surface area contributed by atoms with E-state index in [4.69, 9.17) is 10.2 Å². The number of hydrogen-bond donors (Lipinski definition) is 1. The van der Waals surface area contributed by atoms with Crippen LogP contribution in [0.2, 0.25) is 0 Å². The van der Waals surface area contributed by atoms with Gasteiger partial charge in [-0.25, -0.2) is 4.79 Å². The zero-order valence-electron chi connectivity index (χ0n) is 7.91. The van der Waals surface area contributed by atoms with Crippen molar-refractivity contribution in [2.75, 3.05) is 0 Å². The molecular weight excluding hydrogens is 178 g/mol. The minimum absolute atomic E-state index is 0.214. The van der Waals surface area contributed by atoms with Gasteiger partial charge in [0, 0.05) is 11.9 Å². The maximum atomic E-state index is 11.4. The van der Waals surface area contributed by atoms with E-state index in [1.807, 2.05) is 25.1 Å². The molecule has 0 radical (unpaired) electrons. The zero-order valence-corrected chi connectivity index (χ0v) is 7.91. The van der Waals surface area contributed by atoms with E-state index < -0.39 is 0 Å². The van der Waals surface area contributed by atoms with Crippen LogP contribution in [0.1, 0.15) is 11.1 Å². The molecule has 2 aromatic rings. The molecule has 1 aromatic heterocycles. The Morgan fingerprint density at radius 2 is 2.21 bits per heavy atom. The van der Waals surface area contributed by atoms with Gasteiger partial charge in [0.25, 0.3) is 0 Å². The Bertz CT molecular complexity index is 528. The summed E-state index contributed by atoms with van der Waals surface area (Å²) in [6.45, 7) is 2.12. The van der Waals surface area contributed by atoms with Crippen LogP contribution in [0.3, 0.4) is 0 Å². The molecule has 0 aliphatic heterocycles. The number of aryl methyl sites for hydroxylation is 1. The maximum absolute atomic E-state index is 11.4. The average molecular weight is 189 g/mol. The molecule has 0 unspecified atom stereocenters. The monoisotopic (exact) mass is 189 g/mol. The lowest BCUT2D eigenvalue weighted by molar-refractivity contribution is 0.548. The molecule has 0 fully saturated rings. The largest absolute Gasteiger partial charge is 0.422 e. The Hall–Kier alpha value is -1.61. The average Bonchev–Trinajstić information content (AvgIpc) is 2.19. The summed E-state index contributed by atoms with van der Waals surface area (Å²) in [5.74, 6) is 0. The summed E-state index contributed by atoms with van der Waals surface area (Å²) >= 11 is 0. The number of benzene rings is 1. The van der Waals surface area contributed by atoms with Crippen LogP contribution >= 0.6 is 0 Å². The van der Waals surface area contributed by atoms with Gasteiger partial charge >= 0.3 is 5.63 Å². The molecule has 0 saturated carbocycles. The second-order valence-electron chi connectivity index (χ2n) is 3.26. The molecule has 0 aliphatic rings. The van der Waals surface area contributed by atoms with Crippen molar-refractivity contribution in [3.05, 3.63) is 45.8 Å². The minimum atomic E-state index is -0.339. The normalized spacial score (nSPS) is 10.7. The molecule has 72 valence electrons. The van der Waals surface area contributed by atoms with E-state index in [0.29, 0.717) is 11.1 Å². The molecule has 0 bridgehead atoms. The first-order valence-electron chi connectivity index (χ1n) is 4.45. The fourth-order valence-electron chi connectivity index (χ4n) is 1.48. The summed E-state index contributed by atoms with van der Waals surface area (Å²) < 4.78 is 5.18. The Morgan fingerprint density at radius 1 is 1.43 bits per heavy atom. The van der Waals surface area contributed by atoms with Crippen molar-refractivity contribution in [2.24, 2.45) is 5.73 Å². The first kappa shape index (κ1) is 8.97. The topological polar surface area (TPSA) is 56.2 Å².